The van der Waals surface area contributed by atoms with Gasteiger partial charge in [-0.05, 0) is 104 Å². The molecule has 7 heteroatoms. The summed E-state index contributed by atoms with van der Waals surface area (Å²) in [4.78, 5) is 10.9. The highest BCUT2D eigenvalue weighted by atomic mass is 127. The second-order valence-electron chi connectivity index (χ2n) is 4.65. The van der Waals surface area contributed by atoms with Crippen LogP contribution in [-0.2, 0) is 11.2 Å². The summed E-state index contributed by atoms with van der Waals surface area (Å²) in [6.45, 7) is 0.219. The molecule has 0 fully saturated rings. The molecule has 0 aromatic heterocycles. The molecule has 2 rings (SSSR count). The Morgan fingerprint density at radius 1 is 1.12 bits per heavy atom. The largest absolute Gasteiger partial charge is 0.481 e. The molecule has 0 amide bonds. The monoisotopic (exact) mass is 660 g/mol. The molecule has 0 spiro atoms. The first-order chi connectivity index (χ1) is 11.4. The van der Waals surface area contributed by atoms with Crippen molar-refractivity contribution in [2.75, 3.05) is 6.61 Å². The SMILES string of the molecule is C#CCOc1ccc(Oc2c(I)cc(CC(=O)O)cc2I)cc1I. The minimum Gasteiger partial charge on any atom is -0.481 e. The number of benzene rings is 2. The minimum atomic E-state index is -0.854. The van der Waals surface area contributed by atoms with Crippen LogP contribution in [-0.4, -0.2) is 17.7 Å². The maximum atomic E-state index is 10.9. The van der Waals surface area contributed by atoms with Crippen molar-refractivity contribution in [3.63, 3.8) is 0 Å². The number of carboxylic acid groups (broad SMARTS) is 1. The van der Waals surface area contributed by atoms with Gasteiger partial charge in [0.15, 0.2) is 5.75 Å². The minimum absolute atomic E-state index is 0.00854. The number of halogens is 3. The van der Waals surface area contributed by atoms with Gasteiger partial charge in [0.25, 0.3) is 0 Å². The van der Waals surface area contributed by atoms with Crippen LogP contribution in [0.4, 0.5) is 0 Å². The highest BCUT2D eigenvalue weighted by Crippen LogP contribution is 2.35. The maximum Gasteiger partial charge on any atom is 0.307 e. The van der Waals surface area contributed by atoms with Crippen molar-refractivity contribution in [1.29, 1.82) is 0 Å². The van der Waals surface area contributed by atoms with E-state index in [1.807, 2.05) is 30.3 Å². The van der Waals surface area contributed by atoms with E-state index in [-0.39, 0.29) is 13.0 Å². The summed E-state index contributed by atoms with van der Waals surface area (Å²) in [6, 6.07) is 9.13. The Hall–Kier alpha value is -0.740. The molecule has 0 bridgehead atoms. The number of carbonyl (C=O) groups is 1. The molecule has 0 aliphatic heterocycles. The highest BCUT2D eigenvalue weighted by Gasteiger charge is 2.13. The molecule has 2 aromatic carbocycles. The molecule has 0 saturated heterocycles. The standard InChI is InChI=1S/C17H11I3O4/c1-2-5-23-15-4-3-11(9-12(15)18)24-17-13(19)6-10(7-14(17)20)8-16(21)22/h1,3-4,6-7,9H,5,8H2,(H,21,22). The van der Waals surface area contributed by atoms with Crippen molar-refractivity contribution in [2.45, 2.75) is 6.42 Å². The Morgan fingerprint density at radius 2 is 1.79 bits per heavy atom. The summed E-state index contributed by atoms with van der Waals surface area (Å²) in [7, 11) is 0. The van der Waals surface area contributed by atoms with E-state index < -0.39 is 5.97 Å². The van der Waals surface area contributed by atoms with E-state index in [1.54, 1.807) is 0 Å². The molecular formula is C17H11I3O4. The van der Waals surface area contributed by atoms with Gasteiger partial charge in [-0.1, -0.05) is 5.92 Å². The summed E-state index contributed by atoms with van der Waals surface area (Å²) in [5.41, 5.74) is 0.747. The van der Waals surface area contributed by atoms with E-state index in [9.17, 15) is 4.79 Å². The number of aliphatic carboxylic acids is 1. The number of rotatable bonds is 6. The molecule has 4 nitrogen and oxygen atoms in total. The molecule has 0 unspecified atom stereocenters. The molecule has 0 atom stereocenters. The van der Waals surface area contributed by atoms with Gasteiger partial charge in [0.1, 0.15) is 18.1 Å². The van der Waals surface area contributed by atoms with Crippen molar-refractivity contribution in [2.24, 2.45) is 0 Å². The number of hydrogen-bond acceptors (Lipinski definition) is 3. The Balaban J connectivity index is 2.23. The van der Waals surface area contributed by atoms with Gasteiger partial charge < -0.3 is 14.6 Å². The number of carboxylic acids is 1. The summed E-state index contributed by atoms with van der Waals surface area (Å²) >= 11 is 6.46. The summed E-state index contributed by atoms with van der Waals surface area (Å²) in [5.74, 6) is 3.67. The lowest BCUT2D eigenvalue weighted by molar-refractivity contribution is -0.136. The molecule has 0 aliphatic carbocycles. The van der Waals surface area contributed by atoms with E-state index >= 15 is 0 Å². The fourth-order valence-corrected chi connectivity index (χ4v) is 4.65. The quantitative estimate of drug-likeness (QED) is 0.353. The predicted octanol–water partition coefficient (Wildman–Crippen LogP) is 4.93. The molecule has 124 valence electrons. The summed E-state index contributed by atoms with van der Waals surface area (Å²) in [6.07, 6.45) is 5.19. The number of ether oxygens (including phenoxy) is 2. The third kappa shape index (κ3) is 5.38. The Bertz CT molecular complexity index is 789. The van der Waals surface area contributed by atoms with Crippen LogP contribution in [0.15, 0.2) is 30.3 Å². The fraction of sp³-hybridized carbons (Fsp3) is 0.118. The van der Waals surface area contributed by atoms with Crippen molar-refractivity contribution >= 4 is 73.7 Å². The van der Waals surface area contributed by atoms with Crippen LogP contribution < -0.4 is 9.47 Å². The van der Waals surface area contributed by atoms with Gasteiger partial charge in [-0.2, -0.15) is 0 Å². The zero-order valence-electron chi connectivity index (χ0n) is 12.2. The van der Waals surface area contributed by atoms with Gasteiger partial charge in [0, 0.05) is 0 Å². The second kappa shape index (κ2) is 9.10. The van der Waals surface area contributed by atoms with Crippen LogP contribution in [0.1, 0.15) is 5.56 Å². The second-order valence-corrected chi connectivity index (χ2v) is 8.13. The predicted molar refractivity (Wildman–Crippen MR) is 117 cm³/mol. The highest BCUT2D eigenvalue weighted by molar-refractivity contribution is 14.1. The van der Waals surface area contributed by atoms with Gasteiger partial charge in [0.05, 0.1) is 17.1 Å². The lowest BCUT2D eigenvalue weighted by Gasteiger charge is -2.13. The average Bonchev–Trinajstić information content (AvgIpc) is 2.49. The van der Waals surface area contributed by atoms with Gasteiger partial charge in [-0.15, -0.1) is 6.42 Å². The lowest BCUT2D eigenvalue weighted by Crippen LogP contribution is -2.02. The first kappa shape index (κ1) is 19.6. The molecule has 1 N–H and O–H groups in total. The molecular weight excluding hydrogens is 649 g/mol. The van der Waals surface area contributed by atoms with Crippen LogP contribution in [0.5, 0.6) is 17.2 Å². The van der Waals surface area contributed by atoms with Crippen LogP contribution in [0.25, 0.3) is 0 Å². The molecule has 0 radical (unpaired) electrons. The molecule has 24 heavy (non-hydrogen) atoms. The smallest absolute Gasteiger partial charge is 0.307 e. The third-order valence-electron chi connectivity index (χ3n) is 2.85. The Labute approximate surface area is 180 Å². The number of hydrogen-bond donors (Lipinski definition) is 1. The van der Waals surface area contributed by atoms with E-state index in [4.69, 9.17) is 21.0 Å². The van der Waals surface area contributed by atoms with E-state index in [2.05, 4.69) is 73.7 Å². The summed E-state index contributed by atoms with van der Waals surface area (Å²) in [5, 5.41) is 8.91. The first-order valence-corrected chi connectivity index (χ1v) is 9.87. The first-order valence-electron chi connectivity index (χ1n) is 6.64. The van der Waals surface area contributed by atoms with Gasteiger partial charge in [-0.3, -0.25) is 4.79 Å². The van der Waals surface area contributed by atoms with E-state index in [1.165, 1.54) is 0 Å². The van der Waals surface area contributed by atoms with Crippen molar-refractivity contribution in [3.8, 4) is 29.6 Å². The van der Waals surface area contributed by atoms with E-state index in [0.717, 1.165) is 16.3 Å². The van der Waals surface area contributed by atoms with Gasteiger partial charge in [0.2, 0.25) is 0 Å². The van der Waals surface area contributed by atoms with Crippen molar-refractivity contribution < 1.29 is 19.4 Å². The zero-order chi connectivity index (χ0) is 17.7. The third-order valence-corrected chi connectivity index (χ3v) is 5.29. The zero-order valence-corrected chi connectivity index (χ0v) is 18.7. The van der Waals surface area contributed by atoms with Crippen LogP contribution in [0.2, 0.25) is 0 Å². The molecule has 0 heterocycles. The van der Waals surface area contributed by atoms with E-state index in [0.29, 0.717) is 17.2 Å². The molecule has 2 aromatic rings. The van der Waals surface area contributed by atoms with Crippen molar-refractivity contribution in [1.82, 2.24) is 0 Å². The van der Waals surface area contributed by atoms with Crippen LogP contribution in [0.3, 0.4) is 0 Å². The molecule has 0 saturated carbocycles. The average molecular weight is 660 g/mol. The Morgan fingerprint density at radius 3 is 2.33 bits per heavy atom. The van der Waals surface area contributed by atoms with Gasteiger partial charge in [-0.25, -0.2) is 0 Å². The van der Waals surface area contributed by atoms with Crippen LogP contribution >= 0.6 is 67.8 Å². The fourth-order valence-electron chi connectivity index (χ4n) is 1.89. The number of terminal acetylenes is 1. The Kier molecular flexibility index (Phi) is 7.42. The van der Waals surface area contributed by atoms with Crippen molar-refractivity contribution in [3.05, 3.63) is 46.6 Å². The van der Waals surface area contributed by atoms with Gasteiger partial charge >= 0.3 is 5.97 Å². The normalized spacial score (nSPS) is 10.1. The lowest BCUT2D eigenvalue weighted by atomic mass is 10.1. The summed E-state index contributed by atoms with van der Waals surface area (Å²) < 4.78 is 14.0. The molecule has 0 aliphatic rings. The van der Waals surface area contributed by atoms with Crippen LogP contribution in [0, 0.1) is 23.1 Å². The maximum absolute atomic E-state index is 10.9. The topological polar surface area (TPSA) is 55.8 Å².